The lowest BCUT2D eigenvalue weighted by Crippen LogP contribution is -2.25. The zero-order valence-electron chi connectivity index (χ0n) is 15.9. The number of pyridine rings is 1. The quantitative estimate of drug-likeness (QED) is 0.643. The van der Waals surface area contributed by atoms with Gasteiger partial charge in [-0.3, -0.25) is 14.6 Å². The van der Waals surface area contributed by atoms with E-state index >= 15 is 0 Å². The van der Waals surface area contributed by atoms with Crippen LogP contribution in [0.25, 0.3) is 0 Å². The fourth-order valence-electron chi connectivity index (χ4n) is 4.02. The predicted molar refractivity (Wildman–Crippen MR) is 109 cm³/mol. The molecule has 0 aliphatic carbocycles. The van der Waals surface area contributed by atoms with Crippen molar-refractivity contribution in [2.45, 2.75) is 38.8 Å². The van der Waals surface area contributed by atoms with Crippen molar-refractivity contribution in [3.63, 3.8) is 0 Å². The Kier molecular flexibility index (Phi) is 5.28. The van der Waals surface area contributed by atoms with E-state index in [1.165, 1.54) is 23.4 Å². The fraction of sp³-hybridized carbons (Fsp3) is 0.364. The molecular weight excluding hydrogens is 356 g/mol. The Morgan fingerprint density at radius 3 is 2.81 bits per heavy atom. The van der Waals surface area contributed by atoms with Crippen LogP contribution in [-0.2, 0) is 20.0 Å². The predicted octanol–water partition coefficient (Wildman–Crippen LogP) is 4.70. The van der Waals surface area contributed by atoms with E-state index in [1.807, 2.05) is 36.1 Å². The van der Waals surface area contributed by atoms with Crippen molar-refractivity contribution in [3.8, 4) is 0 Å². The summed E-state index contributed by atoms with van der Waals surface area (Å²) in [6.07, 6.45) is 5.06. The minimum Gasteiger partial charge on any atom is -0.289 e. The van der Waals surface area contributed by atoms with Crippen molar-refractivity contribution in [1.82, 2.24) is 19.7 Å². The van der Waals surface area contributed by atoms with Gasteiger partial charge in [0.1, 0.15) is 0 Å². The molecule has 0 bridgehead atoms. The van der Waals surface area contributed by atoms with E-state index in [1.54, 1.807) is 0 Å². The number of hydrogen-bond acceptors (Lipinski definition) is 3. The largest absolute Gasteiger partial charge is 0.289 e. The molecule has 0 radical (unpaired) electrons. The highest BCUT2D eigenvalue weighted by atomic mass is 35.5. The average molecular weight is 381 g/mol. The second kappa shape index (κ2) is 7.83. The van der Waals surface area contributed by atoms with Crippen LogP contribution in [0.2, 0.25) is 5.02 Å². The molecule has 1 fully saturated rings. The number of hydrogen-bond donors (Lipinski definition) is 0. The van der Waals surface area contributed by atoms with E-state index in [-0.39, 0.29) is 0 Å². The van der Waals surface area contributed by atoms with E-state index in [0.29, 0.717) is 6.04 Å². The molecule has 1 aromatic carbocycles. The van der Waals surface area contributed by atoms with Crippen LogP contribution in [0.1, 0.15) is 47.1 Å². The third kappa shape index (κ3) is 4.07. The van der Waals surface area contributed by atoms with Crippen LogP contribution in [0.15, 0.2) is 48.7 Å². The van der Waals surface area contributed by atoms with Crippen molar-refractivity contribution in [3.05, 3.63) is 81.9 Å². The van der Waals surface area contributed by atoms with Crippen molar-refractivity contribution in [1.29, 1.82) is 0 Å². The molecule has 2 aromatic heterocycles. The van der Waals surface area contributed by atoms with Gasteiger partial charge < -0.3 is 0 Å². The lowest BCUT2D eigenvalue weighted by Gasteiger charge is -2.24. The highest BCUT2D eigenvalue weighted by Gasteiger charge is 2.28. The van der Waals surface area contributed by atoms with Gasteiger partial charge in [0.25, 0.3) is 0 Å². The van der Waals surface area contributed by atoms with Gasteiger partial charge in [0, 0.05) is 30.5 Å². The molecule has 0 spiro atoms. The normalized spacial score (nSPS) is 17.5. The van der Waals surface area contributed by atoms with Crippen LogP contribution >= 0.6 is 11.6 Å². The van der Waals surface area contributed by atoms with Gasteiger partial charge in [-0.05, 0) is 68.1 Å². The van der Waals surface area contributed by atoms with Crippen molar-refractivity contribution >= 4 is 11.6 Å². The molecule has 0 saturated carbocycles. The van der Waals surface area contributed by atoms with Gasteiger partial charge in [0.2, 0.25) is 0 Å². The summed E-state index contributed by atoms with van der Waals surface area (Å²) in [5.41, 5.74) is 5.93. The maximum atomic E-state index is 6.37. The second-order valence-corrected chi connectivity index (χ2v) is 7.79. The summed E-state index contributed by atoms with van der Waals surface area (Å²) in [6, 6.07) is 15.0. The lowest BCUT2D eigenvalue weighted by molar-refractivity contribution is 0.238. The van der Waals surface area contributed by atoms with Crippen LogP contribution in [0.4, 0.5) is 0 Å². The van der Waals surface area contributed by atoms with Crippen LogP contribution in [0.3, 0.4) is 0 Å². The average Bonchev–Trinajstić information content (AvgIpc) is 3.26. The second-order valence-electron chi connectivity index (χ2n) is 7.38. The Morgan fingerprint density at radius 2 is 2.04 bits per heavy atom. The zero-order chi connectivity index (χ0) is 18.8. The number of aryl methyl sites for hydroxylation is 2. The van der Waals surface area contributed by atoms with Crippen molar-refractivity contribution in [2.75, 3.05) is 6.54 Å². The van der Waals surface area contributed by atoms with Gasteiger partial charge in [-0.1, -0.05) is 29.8 Å². The van der Waals surface area contributed by atoms with Gasteiger partial charge in [0.15, 0.2) is 0 Å². The van der Waals surface area contributed by atoms with Gasteiger partial charge in [0.05, 0.1) is 17.4 Å². The first-order valence-corrected chi connectivity index (χ1v) is 9.90. The number of nitrogens with zero attached hydrogens (tertiary/aromatic N) is 4. The Hall–Kier alpha value is -2.17. The summed E-state index contributed by atoms with van der Waals surface area (Å²) in [7, 11) is 2.01. The molecule has 1 aliphatic heterocycles. The van der Waals surface area contributed by atoms with Crippen LogP contribution in [0.5, 0.6) is 0 Å². The molecule has 3 aromatic rings. The zero-order valence-corrected chi connectivity index (χ0v) is 16.7. The van der Waals surface area contributed by atoms with Crippen LogP contribution < -0.4 is 0 Å². The van der Waals surface area contributed by atoms with E-state index in [0.717, 1.165) is 42.2 Å². The molecule has 1 aliphatic rings. The molecule has 140 valence electrons. The van der Waals surface area contributed by atoms with Gasteiger partial charge in [-0.25, -0.2) is 0 Å². The molecule has 0 amide bonds. The Bertz CT molecular complexity index is 934. The molecule has 0 N–H and O–H groups in total. The van der Waals surface area contributed by atoms with E-state index in [9.17, 15) is 0 Å². The van der Waals surface area contributed by atoms with E-state index in [2.05, 4.69) is 41.2 Å². The maximum absolute atomic E-state index is 6.37. The molecule has 3 heterocycles. The SMILES string of the molecule is Cc1cc(Cc2ccccc2Cl)cc([C@@H]2CCCN2Cc2ccnn2C)n1. The highest BCUT2D eigenvalue weighted by molar-refractivity contribution is 6.31. The minimum absolute atomic E-state index is 0.366. The minimum atomic E-state index is 0.366. The van der Waals surface area contributed by atoms with Gasteiger partial charge in [-0.15, -0.1) is 0 Å². The standard InChI is InChI=1S/C22H25ClN4/c1-16-12-17(13-18-6-3-4-7-20(18)23)14-21(25-16)22-8-5-11-27(22)15-19-9-10-24-26(19)2/h3-4,6-7,9-10,12,14,22H,5,8,11,13,15H2,1-2H3/t22-/m0/s1. The molecule has 5 heteroatoms. The summed E-state index contributed by atoms with van der Waals surface area (Å²) in [6.45, 7) is 4.10. The molecule has 27 heavy (non-hydrogen) atoms. The first kappa shape index (κ1) is 18.2. The lowest BCUT2D eigenvalue weighted by atomic mass is 10.0. The number of halogens is 1. The molecule has 1 saturated heterocycles. The smallest absolute Gasteiger partial charge is 0.0581 e. The Morgan fingerprint density at radius 1 is 1.19 bits per heavy atom. The first-order chi connectivity index (χ1) is 13.1. The molecule has 4 rings (SSSR count). The van der Waals surface area contributed by atoms with Gasteiger partial charge in [-0.2, -0.15) is 5.10 Å². The topological polar surface area (TPSA) is 34.0 Å². The van der Waals surface area contributed by atoms with E-state index in [4.69, 9.17) is 16.6 Å². The number of aromatic nitrogens is 3. The summed E-state index contributed by atoms with van der Waals surface area (Å²) in [5, 5.41) is 5.13. The van der Waals surface area contributed by atoms with Gasteiger partial charge >= 0.3 is 0 Å². The fourth-order valence-corrected chi connectivity index (χ4v) is 4.22. The maximum Gasteiger partial charge on any atom is 0.0581 e. The first-order valence-electron chi connectivity index (χ1n) is 9.52. The molecular formula is C22H25ClN4. The highest BCUT2D eigenvalue weighted by Crippen LogP contribution is 2.33. The summed E-state index contributed by atoms with van der Waals surface area (Å²) < 4.78 is 1.96. The van der Waals surface area contributed by atoms with Crippen molar-refractivity contribution < 1.29 is 0 Å². The van der Waals surface area contributed by atoms with Crippen LogP contribution in [0, 0.1) is 6.92 Å². The van der Waals surface area contributed by atoms with Crippen molar-refractivity contribution in [2.24, 2.45) is 7.05 Å². The monoisotopic (exact) mass is 380 g/mol. The Labute approximate surface area is 165 Å². The molecule has 0 unspecified atom stereocenters. The third-order valence-corrected chi connectivity index (χ3v) is 5.75. The number of rotatable bonds is 5. The third-order valence-electron chi connectivity index (χ3n) is 5.38. The number of benzene rings is 1. The summed E-state index contributed by atoms with van der Waals surface area (Å²) in [5.74, 6) is 0. The summed E-state index contributed by atoms with van der Waals surface area (Å²) in [4.78, 5) is 7.41. The van der Waals surface area contributed by atoms with Crippen LogP contribution in [-0.4, -0.2) is 26.2 Å². The molecule has 1 atom stereocenters. The number of likely N-dealkylation sites (tertiary alicyclic amines) is 1. The Balaban J connectivity index is 1.58. The molecule has 4 nitrogen and oxygen atoms in total. The summed E-state index contributed by atoms with van der Waals surface area (Å²) >= 11 is 6.37. The van der Waals surface area contributed by atoms with E-state index < -0.39 is 0 Å².